The maximum atomic E-state index is 12.6. The first-order valence-corrected chi connectivity index (χ1v) is 10.6. The Morgan fingerprint density at radius 1 is 1.19 bits per heavy atom. The lowest BCUT2D eigenvalue weighted by Crippen LogP contribution is -2.37. The van der Waals surface area contributed by atoms with Gasteiger partial charge in [-0.1, -0.05) is 35.9 Å². The standard InChI is InChI=1S/C23H25ClN4O3/c1-30-20-4-2-3-17(13-20)14-25-22(29)16-28-15-21(18-5-7-19(24)8-6-18)23(26-28)27-9-11-31-12-10-27/h2-8,13,15H,9-12,14,16H2,1H3,(H,25,29). The van der Waals surface area contributed by atoms with Crippen molar-refractivity contribution in [1.82, 2.24) is 15.1 Å². The molecule has 31 heavy (non-hydrogen) atoms. The summed E-state index contributed by atoms with van der Waals surface area (Å²) in [6, 6.07) is 15.3. The fourth-order valence-corrected chi connectivity index (χ4v) is 3.65. The summed E-state index contributed by atoms with van der Waals surface area (Å²) in [6.07, 6.45) is 1.92. The minimum Gasteiger partial charge on any atom is -0.497 e. The van der Waals surface area contributed by atoms with Crippen LogP contribution in [0.2, 0.25) is 5.02 Å². The largest absolute Gasteiger partial charge is 0.497 e. The molecule has 2 aromatic carbocycles. The number of halogens is 1. The fraction of sp³-hybridized carbons (Fsp3) is 0.304. The van der Waals surface area contributed by atoms with Crippen LogP contribution in [0.4, 0.5) is 5.82 Å². The molecular formula is C23H25ClN4O3. The van der Waals surface area contributed by atoms with E-state index in [1.165, 1.54) is 0 Å². The monoisotopic (exact) mass is 440 g/mol. The van der Waals surface area contributed by atoms with Crippen molar-refractivity contribution in [3.8, 4) is 16.9 Å². The lowest BCUT2D eigenvalue weighted by Gasteiger charge is -2.27. The maximum absolute atomic E-state index is 12.6. The van der Waals surface area contributed by atoms with Crippen molar-refractivity contribution in [3.05, 3.63) is 65.3 Å². The highest BCUT2D eigenvalue weighted by Crippen LogP contribution is 2.31. The number of hydrogen-bond donors (Lipinski definition) is 1. The molecular weight excluding hydrogens is 416 g/mol. The van der Waals surface area contributed by atoms with E-state index >= 15 is 0 Å². The van der Waals surface area contributed by atoms with E-state index in [2.05, 4.69) is 10.2 Å². The van der Waals surface area contributed by atoms with Crippen molar-refractivity contribution >= 4 is 23.3 Å². The van der Waals surface area contributed by atoms with Crippen LogP contribution >= 0.6 is 11.6 Å². The van der Waals surface area contributed by atoms with Gasteiger partial charge in [-0.25, -0.2) is 0 Å². The second kappa shape index (κ2) is 9.85. The van der Waals surface area contributed by atoms with Gasteiger partial charge in [0.25, 0.3) is 0 Å². The van der Waals surface area contributed by atoms with E-state index in [4.69, 9.17) is 26.2 Å². The fourth-order valence-electron chi connectivity index (χ4n) is 3.52. The van der Waals surface area contributed by atoms with Gasteiger partial charge in [0.15, 0.2) is 5.82 Å². The van der Waals surface area contributed by atoms with Gasteiger partial charge >= 0.3 is 0 Å². The highest BCUT2D eigenvalue weighted by Gasteiger charge is 2.20. The van der Waals surface area contributed by atoms with Crippen LogP contribution in [0.25, 0.3) is 11.1 Å². The number of hydrogen-bond acceptors (Lipinski definition) is 5. The first-order valence-electron chi connectivity index (χ1n) is 10.2. The Hall–Kier alpha value is -3.03. The maximum Gasteiger partial charge on any atom is 0.241 e. The van der Waals surface area contributed by atoms with Crippen LogP contribution in [0.15, 0.2) is 54.7 Å². The zero-order chi connectivity index (χ0) is 21.6. The molecule has 3 aromatic rings. The molecule has 1 saturated heterocycles. The Labute approximate surface area is 186 Å². The third-order valence-electron chi connectivity index (χ3n) is 5.14. The molecule has 1 aliphatic rings. The van der Waals surface area contributed by atoms with Crippen molar-refractivity contribution in [2.45, 2.75) is 13.1 Å². The summed E-state index contributed by atoms with van der Waals surface area (Å²) in [7, 11) is 1.62. The first kappa shape index (κ1) is 21.2. The molecule has 4 rings (SSSR count). The number of morpholine rings is 1. The highest BCUT2D eigenvalue weighted by atomic mass is 35.5. The number of ether oxygens (including phenoxy) is 2. The molecule has 0 atom stereocenters. The number of anilines is 1. The summed E-state index contributed by atoms with van der Waals surface area (Å²) in [4.78, 5) is 14.8. The van der Waals surface area contributed by atoms with E-state index < -0.39 is 0 Å². The van der Waals surface area contributed by atoms with Crippen LogP contribution in [-0.2, 0) is 22.6 Å². The van der Waals surface area contributed by atoms with Crippen LogP contribution in [0.5, 0.6) is 5.75 Å². The zero-order valence-corrected chi connectivity index (χ0v) is 18.1. The molecule has 0 aliphatic carbocycles. The number of methoxy groups -OCH3 is 1. The summed E-state index contributed by atoms with van der Waals surface area (Å²) < 4.78 is 12.4. The Balaban J connectivity index is 1.49. The third-order valence-corrected chi connectivity index (χ3v) is 5.39. The van der Waals surface area contributed by atoms with E-state index in [9.17, 15) is 4.79 Å². The van der Waals surface area contributed by atoms with Gasteiger partial charge in [-0.05, 0) is 35.4 Å². The summed E-state index contributed by atoms with van der Waals surface area (Å²) in [5, 5.41) is 8.36. The molecule has 1 aromatic heterocycles. The molecule has 1 amide bonds. The average molecular weight is 441 g/mol. The molecule has 7 nitrogen and oxygen atoms in total. The number of benzene rings is 2. The molecule has 2 heterocycles. The van der Waals surface area contributed by atoms with Crippen LogP contribution in [0, 0.1) is 0 Å². The number of rotatable bonds is 7. The number of carbonyl (C=O) groups excluding carboxylic acids is 1. The Kier molecular flexibility index (Phi) is 6.74. The molecule has 162 valence electrons. The topological polar surface area (TPSA) is 68.6 Å². The first-order chi connectivity index (χ1) is 15.1. The van der Waals surface area contributed by atoms with E-state index in [-0.39, 0.29) is 12.5 Å². The lowest BCUT2D eigenvalue weighted by molar-refractivity contribution is -0.122. The summed E-state index contributed by atoms with van der Waals surface area (Å²) >= 11 is 6.06. The van der Waals surface area contributed by atoms with Gasteiger partial charge in [0.1, 0.15) is 12.3 Å². The predicted octanol–water partition coefficient (Wildman–Crippen LogP) is 3.37. The van der Waals surface area contributed by atoms with Gasteiger partial charge in [0.2, 0.25) is 5.91 Å². The molecule has 0 radical (unpaired) electrons. The third kappa shape index (κ3) is 5.37. The molecule has 8 heteroatoms. The summed E-state index contributed by atoms with van der Waals surface area (Å²) in [6.45, 7) is 3.41. The van der Waals surface area contributed by atoms with Gasteiger partial charge in [0.05, 0.1) is 20.3 Å². The Bertz CT molecular complexity index is 1030. The molecule has 0 bridgehead atoms. The van der Waals surface area contributed by atoms with Crippen LogP contribution < -0.4 is 15.0 Å². The van der Waals surface area contributed by atoms with E-state index in [0.717, 1.165) is 41.3 Å². The SMILES string of the molecule is COc1cccc(CNC(=O)Cn2cc(-c3ccc(Cl)cc3)c(N3CCOCC3)n2)c1. The molecule has 1 aliphatic heterocycles. The van der Waals surface area contributed by atoms with Crippen molar-refractivity contribution in [3.63, 3.8) is 0 Å². The van der Waals surface area contributed by atoms with Gasteiger partial charge < -0.3 is 19.7 Å². The smallest absolute Gasteiger partial charge is 0.241 e. The number of amides is 1. The molecule has 1 fully saturated rings. The highest BCUT2D eigenvalue weighted by molar-refractivity contribution is 6.30. The normalized spacial score (nSPS) is 13.8. The van der Waals surface area contributed by atoms with E-state index in [1.807, 2.05) is 54.7 Å². The molecule has 0 unspecified atom stereocenters. The van der Waals surface area contributed by atoms with Crippen molar-refractivity contribution in [1.29, 1.82) is 0 Å². The molecule has 1 N–H and O–H groups in total. The van der Waals surface area contributed by atoms with Gasteiger partial charge in [0, 0.05) is 36.4 Å². The second-order valence-corrected chi connectivity index (χ2v) is 7.73. The van der Waals surface area contributed by atoms with E-state index in [0.29, 0.717) is 24.8 Å². The number of nitrogens with zero attached hydrogens (tertiary/aromatic N) is 3. The van der Waals surface area contributed by atoms with Crippen molar-refractivity contribution in [2.75, 3.05) is 38.3 Å². The summed E-state index contributed by atoms with van der Waals surface area (Å²) in [5.74, 6) is 1.51. The number of aromatic nitrogens is 2. The Morgan fingerprint density at radius 2 is 1.97 bits per heavy atom. The van der Waals surface area contributed by atoms with Crippen LogP contribution in [0.1, 0.15) is 5.56 Å². The van der Waals surface area contributed by atoms with Gasteiger partial charge in [-0.15, -0.1) is 0 Å². The molecule has 0 spiro atoms. The number of carbonyl (C=O) groups is 1. The molecule has 0 saturated carbocycles. The minimum absolute atomic E-state index is 0.110. The van der Waals surface area contributed by atoms with E-state index in [1.54, 1.807) is 11.8 Å². The summed E-state index contributed by atoms with van der Waals surface area (Å²) in [5.41, 5.74) is 2.96. The van der Waals surface area contributed by atoms with Crippen LogP contribution in [0.3, 0.4) is 0 Å². The second-order valence-electron chi connectivity index (χ2n) is 7.30. The average Bonchev–Trinajstić information content (AvgIpc) is 3.22. The number of nitrogens with one attached hydrogen (secondary N) is 1. The zero-order valence-electron chi connectivity index (χ0n) is 17.4. The minimum atomic E-state index is -0.110. The van der Waals surface area contributed by atoms with Crippen molar-refractivity contribution in [2.24, 2.45) is 0 Å². The Morgan fingerprint density at radius 3 is 2.71 bits per heavy atom. The van der Waals surface area contributed by atoms with Crippen molar-refractivity contribution < 1.29 is 14.3 Å². The van der Waals surface area contributed by atoms with Gasteiger partial charge in [-0.3, -0.25) is 9.48 Å². The lowest BCUT2D eigenvalue weighted by atomic mass is 10.1. The predicted molar refractivity (Wildman–Crippen MR) is 121 cm³/mol. The van der Waals surface area contributed by atoms with Crippen LogP contribution in [-0.4, -0.2) is 49.1 Å². The quantitative estimate of drug-likeness (QED) is 0.610. The van der Waals surface area contributed by atoms with Gasteiger partial charge in [-0.2, -0.15) is 5.10 Å².